The minimum atomic E-state index is -4.89. The van der Waals surface area contributed by atoms with Gasteiger partial charge < -0.3 is 9.80 Å². The lowest BCUT2D eigenvalue weighted by atomic mass is 10.2. The minimum Gasteiger partial charge on any atom is -0.353 e. The Kier molecular flexibility index (Phi) is 5.87. The van der Waals surface area contributed by atoms with Crippen LogP contribution in [-0.2, 0) is 9.84 Å². The Labute approximate surface area is 183 Å². The Morgan fingerprint density at radius 2 is 1.72 bits per heavy atom. The van der Waals surface area contributed by atoms with Crippen molar-refractivity contribution in [2.75, 3.05) is 31.1 Å². The van der Waals surface area contributed by atoms with Crippen LogP contribution in [0.1, 0.15) is 16.1 Å². The molecule has 0 aliphatic carbocycles. The SMILES string of the molecule is Cc1ccn(-c2cc(N3CCN(C(=O)c4ccccc4S(=O)(=O)C(F)F)CC3)ncn2)n1. The molecule has 1 aromatic carbocycles. The second-order valence-corrected chi connectivity index (χ2v) is 9.10. The number of carbonyl (C=O) groups is 1. The molecule has 0 N–H and O–H groups in total. The average molecular weight is 462 g/mol. The normalized spacial score (nSPS) is 14.8. The quantitative estimate of drug-likeness (QED) is 0.571. The molecule has 0 spiro atoms. The molecule has 2 aromatic heterocycles. The van der Waals surface area contributed by atoms with E-state index in [1.54, 1.807) is 16.9 Å². The van der Waals surface area contributed by atoms with Crippen molar-refractivity contribution in [3.8, 4) is 5.82 Å². The van der Waals surface area contributed by atoms with Crippen LogP contribution in [0.2, 0.25) is 0 Å². The molecule has 3 aromatic rings. The van der Waals surface area contributed by atoms with Crippen molar-refractivity contribution in [1.29, 1.82) is 0 Å². The molecule has 1 aliphatic heterocycles. The summed E-state index contributed by atoms with van der Waals surface area (Å²) in [5.74, 6) is -2.93. The van der Waals surface area contributed by atoms with Crippen LogP contribution in [0.25, 0.3) is 5.82 Å². The van der Waals surface area contributed by atoms with Gasteiger partial charge in [-0.1, -0.05) is 12.1 Å². The van der Waals surface area contributed by atoms with Gasteiger partial charge in [-0.15, -0.1) is 0 Å². The second kappa shape index (κ2) is 8.61. The molecule has 4 rings (SSSR count). The highest BCUT2D eigenvalue weighted by atomic mass is 32.2. The lowest BCUT2D eigenvalue weighted by Gasteiger charge is -2.35. The fourth-order valence-electron chi connectivity index (χ4n) is 3.47. The number of alkyl halides is 2. The first-order valence-corrected chi connectivity index (χ1v) is 11.3. The molecule has 1 amide bonds. The van der Waals surface area contributed by atoms with Crippen LogP contribution in [0.5, 0.6) is 0 Å². The van der Waals surface area contributed by atoms with Crippen LogP contribution >= 0.6 is 0 Å². The highest BCUT2D eigenvalue weighted by molar-refractivity contribution is 7.91. The lowest BCUT2D eigenvalue weighted by molar-refractivity contribution is 0.0742. The van der Waals surface area contributed by atoms with Gasteiger partial charge >= 0.3 is 5.76 Å². The van der Waals surface area contributed by atoms with Crippen LogP contribution < -0.4 is 4.90 Å². The lowest BCUT2D eigenvalue weighted by Crippen LogP contribution is -2.49. The number of nitrogens with zero attached hydrogens (tertiary/aromatic N) is 6. The monoisotopic (exact) mass is 462 g/mol. The van der Waals surface area contributed by atoms with Gasteiger partial charge in [-0.2, -0.15) is 13.9 Å². The maximum atomic E-state index is 13.0. The van der Waals surface area contributed by atoms with Gasteiger partial charge in [0.25, 0.3) is 5.91 Å². The van der Waals surface area contributed by atoms with E-state index < -0.39 is 26.4 Å². The molecule has 12 heteroatoms. The van der Waals surface area contributed by atoms with Crippen LogP contribution in [0.4, 0.5) is 14.6 Å². The second-order valence-electron chi connectivity index (χ2n) is 7.22. The largest absolute Gasteiger partial charge is 0.353 e. The summed E-state index contributed by atoms with van der Waals surface area (Å²) in [6.07, 6.45) is 3.23. The molecule has 0 atom stereocenters. The van der Waals surface area contributed by atoms with E-state index in [-0.39, 0.29) is 18.7 Å². The summed E-state index contributed by atoms with van der Waals surface area (Å²) >= 11 is 0. The summed E-state index contributed by atoms with van der Waals surface area (Å²) in [6, 6.07) is 8.70. The first kappa shape index (κ1) is 21.8. The topological polar surface area (TPSA) is 101 Å². The third-order valence-corrected chi connectivity index (χ3v) is 6.58. The maximum Gasteiger partial charge on any atom is 0.341 e. The average Bonchev–Trinajstić information content (AvgIpc) is 3.25. The fourth-order valence-corrected chi connectivity index (χ4v) is 4.40. The predicted octanol–water partition coefficient (Wildman–Crippen LogP) is 1.93. The fraction of sp³-hybridized carbons (Fsp3) is 0.300. The van der Waals surface area contributed by atoms with Gasteiger partial charge in [0.1, 0.15) is 12.1 Å². The standard InChI is InChI=1S/C20H20F2N6O3S/c1-14-6-7-28(25-14)18-12-17(23-13-24-18)26-8-10-27(11-9-26)19(29)15-4-2-3-5-16(15)32(30,31)20(21)22/h2-7,12-13,20H,8-11H2,1H3. The number of carbonyl (C=O) groups excluding carboxylic acids is 1. The number of halogens is 2. The van der Waals surface area contributed by atoms with Crippen molar-refractivity contribution in [2.45, 2.75) is 17.6 Å². The summed E-state index contributed by atoms with van der Waals surface area (Å²) in [4.78, 5) is 24.2. The Bertz CT molecular complexity index is 1240. The molecular weight excluding hydrogens is 442 g/mol. The Morgan fingerprint density at radius 1 is 1.03 bits per heavy atom. The highest BCUT2D eigenvalue weighted by Gasteiger charge is 2.33. The molecule has 0 radical (unpaired) electrons. The molecule has 1 fully saturated rings. The van der Waals surface area contributed by atoms with E-state index in [1.807, 2.05) is 17.9 Å². The summed E-state index contributed by atoms with van der Waals surface area (Å²) < 4.78 is 51.7. The van der Waals surface area contributed by atoms with E-state index >= 15 is 0 Å². The van der Waals surface area contributed by atoms with Gasteiger partial charge in [-0.3, -0.25) is 4.79 Å². The van der Waals surface area contributed by atoms with Crippen molar-refractivity contribution in [3.63, 3.8) is 0 Å². The van der Waals surface area contributed by atoms with E-state index in [9.17, 15) is 22.0 Å². The van der Waals surface area contributed by atoms with Crippen molar-refractivity contribution in [1.82, 2.24) is 24.6 Å². The zero-order chi connectivity index (χ0) is 22.9. The third kappa shape index (κ3) is 4.17. The van der Waals surface area contributed by atoms with Gasteiger partial charge in [0.15, 0.2) is 5.82 Å². The molecule has 1 aliphatic rings. The molecule has 1 saturated heterocycles. The van der Waals surface area contributed by atoms with E-state index in [1.165, 1.54) is 29.4 Å². The van der Waals surface area contributed by atoms with Crippen molar-refractivity contribution in [3.05, 3.63) is 60.2 Å². The Morgan fingerprint density at radius 3 is 2.38 bits per heavy atom. The van der Waals surface area contributed by atoms with Crippen LogP contribution in [0, 0.1) is 6.92 Å². The van der Waals surface area contributed by atoms with Gasteiger partial charge in [0, 0.05) is 38.4 Å². The summed E-state index contributed by atoms with van der Waals surface area (Å²) in [7, 11) is -4.89. The molecule has 0 unspecified atom stereocenters. The first-order valence-electron chi connectivity index (χ1n) is 9.77. The van der Waals surface area contributed by atoms with Crippen molar-refractivity contribution >= 4 is 21.6 Å². The maximum absolute atomic E-state index is 13.0. The number of anilines is 1. The molecule has 32 heavy (non-hydrogen) atoms. The smallest absolute Gasteiger partial charge is 0.341 e. The number of hydrogen-bond acceptors (Lipinski definition) is 7. The number of aryl methyl sites for hydroxylation is 1. The van der Waals surface area contributed by atoms with E-state index in [4.69, 9.17) is 0 Å². The van der Waals surface area contributed by atoms with Crippen molar-refractivity contribution < 1.29 is 22.0 Å². The number of rotatable bonds is 5. The van der Waals surface area contributed by atoms with Crippen LogP contribution in [-0.4, -0.2) is 70.9 Å². The number of amides is 1. The highest BCUT2D eigenvalue weighted by Crippen LogP contribution is 2.24. The Hall–Kier alpha value is -3.41. The number of sulfone groups is 1. The Balaban J connectivity index is 1.49. The number of benzene rings is 1. The minimum absolute atomic E-state index is 0.250. The molecule has 0 bridgehead atoms. The summed E-state index contributed by atoms with van der Waals surface area (Å²) in [5.41, 5.74) is 0.603. The van der Waals surface area contributed by atoms with E-state index in [0.29, 0.717) is 24.7 Å². The van der Waals surface area contributed by atoms with E-state index in [0.717, 1.165) is 11.8 Å². The van der Waals surface area contributed by atoms with Gasteiger partial charge in [0.05, 0.1) is 16.2 Å². The van der Waals surface area contributed by atoms with E-state index in [2.05, 4.69) is 15.1 Å². The van der Waals surface area contributed by atoms with Gasteiger partial charge in [-0.25, -0.2) is 23.1 Å². The molecule has 168 valence electrons. The predicted molar refractivity (Wildman–Crippen MR) is 112 cm³/mol. The first-order chi connectivity index (χ1) is 15.3. The third-order valence-electron chi connectivity index (χ3n) is 5.14. The molecule has 3 heterocycles. The van der Waals surface area contributed by atoms with Crippen LogP contribution in [0.15, 0.2) is 53.8 Å². The molecule has 9 nitrogen and oxygen atoms in total. The summed E-state index contributed by atoms with van der Waals surface area (Å²) in [6.45, 7) is 3.30. The van der Waals surface area contributed by atoms with Gasteiger partial charge in [0.2, 0.25) is 9.84 Å². The number of hydrogen-bond donors (Lipinski definition) is 0. The van der Waals surface area contributed by atoms with Crippen LogP contribution in [0.3, 0.4) is 0 Å². The number of aromatic nitrogens is 4. The van der Waals surface area contributed by atoms with Crippen molar-refractivity contribution in [2.24, 2.45) is 0 Å². The number of piperazine rings is 1. The molecule has 0 saturated carbocycles. The zero-order valence-electron chi connectivity index (χ0n) is 17.1. The van der Waals surface area contributed by atoms with Gasteiger partial charge in [-0.05, 0) is 25.1 Å². The zero-order valence-corrected chi connectivity index (χ0v) is 17.9. The summed E-state index contributed by atoms with van der Waals surface area (Å²) in [5, 5.41) is 4.33. The molecular formula is C20H20F2N6O3S.